The highest BCUT2D eigenvalue weighted by Gasteiger charge is 2.13. The van der Waals surface area contributed by atoms with Gasteiger partial charge in [0.25, 0.3) is 0 Å². The molecule has 1 N–H and O–H groups in total. The van der Waals surface area contributed by atoms with Crippen LogP contribution in [0.3, 0.4) is 0 Å². The minimum Gasteiger partial charge on any atom is -0.371 e. The third-order valence-corrected chi connectivity index (χ3v) is 3.38. The van der Waals surface area contributed by atoms with E-state index in [0.717, 1.165) is 30.9 Å². The minimum atomic E-state index is 0.329. The van der Waals surface area contributed by atoms with Crippen molar-refractivity contribution in [2.75, 3.05) is 13.1 Å². The van der Waals surface area contributed by atoms with Crippen LogP contribution in [0.15, 0.2) is 42.6 Å². The van der Waals surface area contributed by atoms with Crippen LogP contribution in [-0.2, 0) is 11.3 Å². The van der Waals surface area contributed by atoms with Crippen LogP contribution in [0.2, 0.25) is 0 Å². The number of benzene rings is 1. The van der Waals surface area contributed by atoms with Gasteiger partial charge in [-0.1, -0.05) is 18.2 Å². The third kappa shape index (κ3) is 3.22. The number of ether oxygens (including phenoxy) is 1. The van der Waals surface area contributed by atoms with Crippen LogP contribution in [-0.4, -0.2) is 29.0 Å². The van der Waals surface area contributed by atoms with Crippen molar-refractivity contribution in [2.45, 2.75) is 25.6 Å². The van der Waals surface area contributed by atoms with Gasteiger partial charge in [-0.25, -0.2) is 4.68 Å². The van der Waals surface area contributed by atoms with E-state index in [1.54, 1.807) is 0 Å². The molecule has 0 saturated carbocycles. The summed E-state index contributed by atoms with van der Waals surface area (Å²) in [4.78, 5) is 0. The second-order valence-electron chi connectivity index (χ2n) is 4.87. The van der Waals surface area contributed by atoms with E-state index in [0.29, 0.717) is 12.7 Å². The maximum Gasteiger partial charge on any atom is 0.0911 e. The van der Waals surface area contributed by atoms with Gasteiger partial charge < -0.3 is 10.1 Å². The Bertz CT molecular complexity index is 503. The third-order valence-electron chi connectivity index (χ3n) is 3.38. The molecule has 1 aromatic carbocycles. The van der Waals surface area contributed by atoms with Crippen LogP contribution in [0, 0.1) is 0 Å². The lowest BCUT2D eigenvalue weighted by atomic mass is 10.1. The molecule has 1 fully saturated rings. The average molecular weight is 257 g/mol. The Hall–Kier alpha value is -1.65. The minimum absolute atomic E-state index is 0.329. The summed E-state index contributed by atoms with van der Waals surface area (Å²) in [6, 6.07) is 12.1. The van der Waals surface area contributed by atoms with Crippen molar-refractivity contribution in [3.8, 4) is 5.69 Å². The fourth-order valence-electron chi connectivity index (χ4n) is 2.33. The van der Waals surface area contributed by atoms with Crippen LogP contribution >= 0.6 is 0 Å². The van der Waals surface area contributed by atoms with Gasteiger partial charge in [-0.05, 0) is 37.6 Å². The normalized spacial score (nSPS) is 19.5. The lowest BCUT2D eigenvalue weighted by Crippen LogP contribution is -2.35. The molecule has 1 atom stereocenters. The SMILES string of the molecule is c1ccc(-n2ccc(CO[C@H]3CCCNC3)n2)cc1. The number of para-hydroxylation sites is 1. The zero-order valence-electron chi connectivity index (χ0n) is 11.0. The summed E-state index contributed by atoms with van der Waals surface area (Å²) in [5.41, 5.74) is 2.06. The first-order valence-electron chi connectivity index (χ1n) is 6.84. The number of hydrogen-bond donors (Lipinski definition) is 1. The maximum atomic E-state index is 5.88. The summed E-state index contributed by atoms with van der Waals surface area (Å²) >= 11 is 0. The monoisotopic (exact) mass is 257 g/mol. The summed E-state index contributed by atoms with van der Waals surface area (Å²) in [5, 5.41) is 7.89. The van der Waals surface area contributed by atoms with Gasteiger partial charge in [-0.2, -0.15) is 5.10 Å². The van der Waals surface area contributed by atoms with Crippen molar-refractivity contribution in [1.82, 2.24) is 15.1 Å². The van der Waals surface area contributed by atoms with Gasteiger partial charge in [0, 0.05) is 12.7 Å². The van der Waals surface area contributed by atoms with E-state index in [-0.39, 0.29) is 0 Å². The fraction of sp³-hybridized carbons (Fsp3) is 0.400. The van der Waals surface area contributed by atoms with E-state index in [4.69, 9.17) is 4.74 Å². The number of aromatic nitrogens is 2. The summed E-state index contributed by atoms with van der Waals surface area (Å²) < 4.78 is 7.77. The molecule has 2 heterocycles. The Morgan fingerprint density at radius 1 is 1.26 bits per heavy atom. The Kier molecular flexibility index (Phi) is 3.91. The van der Waals surface area contributed by atoms with E-state index in [1.807, 2.05) is 47.3 Å². The van der Waals surface area contributed by atoms with Crippen molar-refractivity contribution in [2.24, 2.45) is 0 Å². The summed E-state index contributed by atoms with van der Waals surface area (Å²) in [7, 11) is 0. The topological polar surface area (TPSA) is 39.1 Å². The van der Waals surface area contributed by atoms with E-state index in [1.165, 1.54) is 6.42 Å². The lowest BCUT2D eigenvalue weighted by Gasteiger charge is -2.22. The van der Waals surface area contributed by atoms with Crippen LogP contribution < -0.4 is 5.32 Å². The number of hydrogen-bond acceptors (Lipinski definition) is 3. The Morgan fingerprint density at radius 2 is 2.16 bits per heavy atom. The van der Waals surface area contributed by atoms with E-state index >= 15 is 0 Å². The first-order chi connectivity index (χ1) is 9.42. The maximum absolute atomic E-state index is 5.88. The van der Waals surface area contributed by atoms with E-state index in [2.05, 4.69) is 10.4 Å². The Morgan fingerprint density at radius 3 is 2.95 bits per heavy atom. The van der Waals surface area contributed by atoms with Gasteiger partial charge in [-0.3, -0.25) is 0 Å². The first-order valence-corrected chi connectivity index (χ1v) is 6.84. The van der Waals surface area contributed by atoms with Crippen molar-refractivity contribution in [1.29, 1.82) is 0 Å². The van der Waals surface area contributed by atoms with Gasteiger partial charge in [0.05, 0.1) is 24.1 Å². The number of piperidine rings is 1. The molecule has 1 saturated heterocycles. The van der Waals surface area contributed by atoms with E-state index in [9.17, 15) is 0 Å². The molecule has 0 unspecified atom stereocenters. The van der Waals surface area contributed by atoms with Crippen LogP contribution in [0.5, 0.6) is 0 Å². The van der Waals surface area contributed by atoms with Crippen LogP contribution in [0.4, 0.5) is 0 Å². The van der Waals surface area contributed by atoms with Gasteiger partial charge in [0.2, 0.25) is 0 Å². The highest BCUT2D eigenvalue weighted by Crippen LogP contribution is 2.11. The van der Waals surface area contributed by atoms with Gasteiger partial charge in [-0.15, -0.1) is 0 Å². The molecule has 0 amide bonds. The van der Waals surface area contributed by atoms with Crippen molar-refractivity contribution < 1.29 is 4.74 Å². The molecule has 1 aliphatic rings. The van der Waals surface area contributed by atoms with Crippen LogP contribution in [0.25, 0.3) is 5.69 Å². The number of rotatable bonds is 4. The second-order valence-corrected chi connectivity index (χ2v) is 4.87. The molecule has 4 heteroatoms. The van der Waals surface area contributed by atoms with Gasteiger partial charge in [0.15, 0.2) is 0 Å². The molecule has 0 aliphatic carbocycles. The molecule has 100 valence electrons. The number of nitrogens with one attached hydrogen (secondary N) is 1. The van der Waals surface area contributed by atoms with Gasteiger partial charge in [0.1, 0.15) is 0 Å². The smallest absolute Gasteiger partial charge is 0.0911 e. The molecule has 2 aromatic rings. The Labute approximate surface area is 113 Å². The average Bonchev–Trinajstić information content (AvgIpc) is 2.96. The highest BCUT2D eigenvalue weighted by molar-refractivity contribution is 5.30. The van der Waals surface area contributed by atoms with Crippen molar-refractivity contribution in [3.05, 3.63) is 48.3 Å². The zero-order chi connectivity index (χ0) is 12.9. The van der Waals surface area contributed by atoms with Gasteiger partial charge >= 0.3 is 0 Å². The molecule has 1 aliphatic heterocycles. The zero-order valence-corrected chi connectivity index (χ0v) is 11.0. The quantitative estimate of drug-likeness (QED) is 0.912. The molecule has 1 aromatic heterocycles. The van der Waals surface area contributed by atoms with Crippen LogP contribution in [0.1, 0.15) is 18.5 Å². The molecule has 3 rings (SSSR count). The fourth-order valence-corrected chi connectivity index (χ4v) is 2.33. The predicted molar refractivity (Wildman–Crippen MR) is 74.2 cm³/mol. The summed E-state index contributed by atoms with van der Waals surface area (Å²) in [6.07, 6.45) is 4.65. The molecular weight excluding hydrogens is 238 g/mol. The molecule has 0 spiro atoms. The molecule has 4 nitrogen and oxygen atoms in total. The second kappa shape index (κ2) is 5.99. The largest absolute Gasteiger partial charge is 0.371 e. The molecule has 0 bridgehead atoms. The number of nitrogens with zero attached hydrogens (tertiary/aromatic N) is 2. The van der Waals surface area contributed by atoms with E-state index < -0.39 is 0 Å². The van der Waals surface area contributed by atoms with Crippen molar-refractivity contribution >= 4 is 0 Å². The standard InChI is InChI=1S/C15H19N3O/c1-2-5-14(6-3-1)18-10-8-13(17-18)12-19-15-7-4-9-16-11-15/h1-3,5-6,8,10,15-16H,4,7,9,11-12H2/t15-/m0/s1. The Balaban J connectivity index is 1.59. The molecule has 0 radical (unpaired) electrons. The summed E-state index contributed by atoms with van der Waals surface area (Å²) in [5.74, 6) is 0. The van der Waals surface area contributed by atoms with Crippen molar-refractivity contribution in [3.63, 3.8) is 0 Å². The lowest BCUT2D eigenvalue weighted by molar-refractivity contribution is 0.0235. The predicted octanol–water partition coefficient (Wildman–Crippen LogP) is 2.14. The highest BCUT2D eigenvalue weighted by atomic mass is 16.5. The summed E-state index contributed by atoms with van der Waals surface area (Å²) in [6.45, 7) is 2.66. The molecular formula is C15H19N3O. The molecule has 19 heavy (non-hydrogen) atoms. The first kappa shape index (κ1) is 12.4.